The van der Waals surface area contributed by atoms with Crippen molar-refractivity contribution >= 4 is 11.8 Å². The fraction of sp³-hybridized carbons (Fsp3) is 0.600. The summed E-state index contributed by atoms with van der Waals surface area (Å²) < 4.78 is 5.15. The van der Waals surface area contributed by atoms with Gasteiger partial charge in [-0.25, -0.2) is 0 Å². The van der Waals surface area contributed by atoms with Gasteiger partial charge in [0.1, 0.15) is 5.75 Å². The molecule has 1 fully saturated rings. The quantitative estimate of drug-likeness (QED) is 0.600. The van der Waals surface area contributed by atoms with Gasteiger partial charge in [0.2, 0.25) is 0 Å². The van der Waals surface area contributed by atoms with Crippen LogP contribution in [-0.2, 0) is 0 Å². The van der Waals surface area contributed by atoms with Crippen molar-refractivity contribution in [3.8, 4) is 5.75 Å². The number of thioether (sulfide) groups is 1. The van der Waals surface area contributed by atoms with Crippen LogP contribution in [0.25, 0.3) is 0 Å². The van der Waals surface area contributed by atoms with Crippen molar-refractivity contribution in [3.05, 3.63) is 24.3 Å². The van der Waals surface area contributed by atoms with Crippen molar-refractivity contribution in [2.24, 2.45) is 0 Å². The van der Waals surface area contributed by atoms with Crippen molar-refractivity contribution in [2.45, 2.75) is 43.0 Å². The van der Waals surface area contributed by atoms with Crippen LogP contribution in [0.3, 0.4) is 0 Å². The molecule has 0 atom stereocenters. The summed E-state index contributed by atoms with van der Waals surface area (Å²) in [5.74, 6) is 2.12. The molecule has 2 rings (SSSR count). The first kappa shape index (κ1) is 13.8. The van der Waals surface area contributed by atoms with Crippen molar-refractivity contribution < 1.29 is 4.74 Å². The summed E-state index contributed by atoms with van der Waals surface area (Å²) in [6.45, 7) is 1.16. The molecule has 0 heterocycles. The summed E-state index contributed by atoms with van der Waals surface area (Å²) in [7, 11) is 1.71. The van der Waals surface area contributed by atoms with E-state index in [1.165, 1.54) is 42.8 Å². The number of hydrogen-bond acceptors (Lipinski definition) is 3. The van der Waals surface area contributed by atoms with Gasteiger partial charge in [-0.3, -0.25) is 0 Å². The van der Waals surface area contributed by atoms with Gasteiger partial charge in [0, 0.05) is 10.9 Å². The number of ether oxygens (including phenoxy) is 1. The number of methoxy groups -OCH3 is 1. The van der Waals surface area contributed by atoms with E-state index in [2.05, 4.69) is 17.4 Å². The Morgan fingerprint density at radius 2 is 1.94 bits per heavy atom. The Kier molecular flexibility index (Phi) is 5.88. The standard InChI is InChI=1S/C15H23NOS/c1-17-14-7-9-15(10-8-14)18-12-4-11-16-13-5-2-3-6-13/h7-10,13,16H,2-6,11-12H2,1H3. The molecule has 2 nitrogen and oxygen atoms in total. The maximum absolute atomic E-state index is 5.15. The molecule has 1 N–H and O–H groups in total. The lowest BCUT2D eigenvalue weighted by atomic mass is 10.2. The number of nitrogens with one attached hydrogen (secondary N) is 1. The topological polar surface area (TPSA) is 21.3 Å². The minimum Gasteiger partial charge on any atom is -0.497 e. The summed E-state index contributed by atoms with van der Waals surface area (Å²) in [4.78, 5) is 1.33. The number of rotatable bonds is 7. The van der Waals surface area contributed by atoms with E-state index in [4.69, 9.17) is 4.74 Å². The first-order valence-electron chi connectivity index (χ1n) is 6.89. The van der Waals surface area contributed by atoms with Gasteiger partial charge in [-0.15, -0.1) is 11.8 Å². The second-order valence-corrected chi connectivity index (χ2v) is 5.98. The predicted octanol–water partition coefficient (Wildman–Crippen LogP) is 3.71. The van der Waals surface area contributed by atoms with E-state index in [1.54, 1.807) is 7.11 Å². The fourth-order valence-electron chi connectivity index (χ4n) is 2.37. The maximum atomic E-state index is 5.15. The molecule has 18 heavy (non-hydrogen) atoms. The van der Waals surface area contributed by atoms with Crippen LogP contribution in [0.1, 0.15) is 32.1 Å². The van der Waals surface area contributed by atoms with Gasteiger partial charge in [-0.1, -0.05) is 12.8 Å². The van der Waals surface area contributed by atoms with Gasteiger partial charge in [-0.05, 0) is 55.8 Å². The molecule has 0 saturated heterocycles. The van der Waals surface area contributed by atoms with E-state index in [-0.39, 0.29) is 0 Å². The fourth-order valence-corrected chi connectivity index (χ4v) is 3.22. The lowest BCUT2D eigenvalue weighted by molar-refractivity contribution is 0.414. The Balaban J connectivity index is 1.56. The Morgan fingerprint density at radius 3 is 2.61 bits per heavy atom. The zero-order chi connectivity index (χ0) is 12.6. The largest absolute Gasteiger partial charge is 0.497 e. The van der Waals surface area contributed by atoms with Crippen LogP contribution < -0.4 is 10.1 Å². The molecule has 3 heteroatoms. The molecular formula is C15H23NOS. The zero-order valence-corrected chi connectivity index (χ0v) is 12.0. The maximum Gasteiger partial charge on any atom is 0.118 e. The lowest BCUT2D eigenvalue weighted by Crippen LogP contribution is -2.27. The Bertz CT molecular complexity index is 333. The van der Waals surface area contributed by atoms with E-state index in [9.17, 15) is 0 Å². The highest BCUT2D eigenvalue weighted by Crippen LogP contribution is 2.22. The average molecular weight is 265 g/mol. The second kappa shape index (κ2) is 7.70. The normalized spacial score (nSPS) is 16.1. The summed E-state index contributed by atoms with van der Waals surface area (Å²) in [5, 5.41) is 3.65. The van der Waals surface area contributed by atoms with Crippen molar-refractivity contribution in [3.63, 3.8) is 0 Å². The molecule has 0 spiro atoms. The summed E-state index contributed by atoms with van der Waals surface area (Å²) in [6.07, 6.45) is 6.83. The summed E-state index contributed by atoms with van der Waals surface area (Å²) in [6, 6.07) is 9.12. The van der Waals surface area contributed by atoms with Crippen molar-refractivity contribution in [1.82, 2.24) is 5.32 Å². The van der Waals surface area contributed by atoms with E-state index in [1.807, 2.05) is 23.9 Å². The van der Waals surface area contributed by atoms with Crippen LogP contribution >= 0.6 is 11.8 Å². The minimum absolute atomic E-state index is 0.802. The second-order valence-electron chi connectivity index (χ2n) is 4.81. The van der Waals surface area contributed by atoms with Gasteiger partial charge >= 0.3 is 0 Å². The molecule has 0 radical (unpaired) electrons. The molecule has 0 unspecified atom stereocenters. The molecule has 1 aliphatic carbocycles. The van der Waals surface area contributed by atoms with Gasteiger partial charge in [0.25, 0.3) is 0 Å². The molecule has 1 aliphatic rings. The third-order valence-electron chi connectivity index (χ3n) is 3.44. The van der Waals surface area contributed by atoms with Crippen LogP contribution in [-0.4, -0.2) is 25.4 Å². The molecule has 0 aliphatic heterocycles. The third-order valence-corrected chi connectivity index (χ3v) is 4.54. The predicted molar refractivity (Wildman–Crippen MR) is 78.6 cm³/mol. The summed E-state index contributed by atoms with van der Waals surface area (Å²) >= 11 is 1.93. The van der Waals surface area contributed by atoms with E-state index in [0.29, 0.717) is 0 Å². The molecule has 1 saturated carbocycles. The van der Waals surface area contributed by atoms with E-state index < -0.39 is 0 Å². The number of benzene rings is 1. The highest BCUT2D eigenvalue weighted by Gasteiger charge is 2.12. The number of hydrogen-bond donors (Lipinski definition) is 1. The first-order chi connectivity index (χ1) is 8.88. The smallest absolute Gasteiger partial charge is 0.118 e. The molecule has 1 aromatic carbocycles. The zero-order valence-electron chi connectivity index (χ0n) is 11.2. The van der Waals surface area contributed by atoms with Gasteiger partial charge in [0.15, 0.2) is 0 Å². The summed E-state index contributed by atoms with van der Waals surface area (Å²) in [5.41, 5.74) is 0. The van der Waals surface area contributed by atoms with Crippen LogP contribution in [0, 0.1) is 0 Å². The van der Waals surface area contributed by atoms with Crippen LogP contribution in [0.15, 0.2) is 29.2 Å². The van der Waals surface area contributed by atoms with Crippen molar-refractivity contribution in [1.29, 1.82) is 0 Å². The molecule has 0 aromatic heterocycles. The van der Waals surface area contributed by atoms with Crippen LogP contribution in [0.2, 0.25) is 0 Å². The van der Waals surface area contributed by atoms with Crippen LogP contribution in [0.4, 0.5) is 0 Å². The Labute approximate surface area is 114 Å². The van der Waals surface area contributed by atoms with Crippen LogP contribution in [0.5, 0.6) is 5.75 Å². The van der Waals surface area contributed by atoms with Gasteiger partial charge in [-0.2, -0.15) is 0 Å². The highest BCUT2D eigenvalue weighted by molar-refractivity contribution is 7.99. The van der Waals surface area contributed by atoms with Gasteiger partial charge < -0.3 is 10.1 Å². The highest BCUT2D eigenvalue weighted by atomic mass is 32.2. The molecular weight excluding hydrogens is 242 g/mol. The van der Waals surface area contributed by atoms with Gasteiger partial charge in [0.05, 0.1) is 7.11 Å². The lowest BCUT2D eigenvalue weighted by Gasteiger charge is -2.11. The molecule has 0 bridgehead atoms. The minimum atomic E-state index is 0.802. The first-order valence-corrected chi connectivity index (χ1v) is 7.87. The SMILES string of the molecule is COc1ccc(SCCCNC2CCCC2)cc1. The third kappa shape index (κ3) is 4.54. The van der Waals surface area contributed by atoms with Crippen molar-refractivity contribution in [2.75, 3.05) is 19.4 Å². The molecule has 0 amide bonds. The monoisotopic (exact) mass is 265 g/mol. The van der Waals surface area contributed by atoms with E-state index >= 15 is 0 Å². The Hall–Kier alpha value is -0.670. The van der Waals surface area contributed by atoms with E-state index in [0.717, 1.165) is 18.3 Å². The average Bonchev–Trinajstić information content (AvgIpc) is 2.92. The molecule has 1 aromatic rings. The Morgan fingerprint density at radius 1 is 1.22 bits per heavy atom. The molecule has 100 valence electrons.